The molecule has 1 atom stereocenters. The zero-order valence-corrected chi connectivity index (χ0v) is 18.8. The lowest BCUT2D eigenvalue weighted by molar-refractivity contribution is 0.393. The fourth-order valence-corrected chi connectivity index (χ4v) is 5.33. The average Bonchev–Trinajstić information content (AvgIpc) is 3.40. The monoisotopic (exact) mass is 440 g/mol. The van der Waals surface area contributed by atoms with Gasteiger partial charge in [0.25, 0.3) is 5.56 Å². The first kappa shape index (κ1) is 19.8. The number of nitrogens with one attached hydrogen (secondary N) is 1. The van der Waals surface area contributed by atoms with E-state index in [1.165, 1.54) is 11.1 Å². The molecule has 1 aliphatic carbocycles. The van der Waals surface area contributed by atoms with Crippen LogP contribution >= 0.6 is 0 Å². The van der Waals surface area contributed by atoms with Crippen molar-refractivity contribution in [3.8, 4) is 16.9 Å². The van der Waals surface area contributed by atoms with Gasteiger partial charge in [0, 0.05) is 17.5 Å². The summed E-state index contributed by atoms with van der Waals surface area (Å²) in [6.45, 7) is 3.75. The molecule has 5 aromatic rings. The van der Waals surface area contributed by atoms with Crippen LogP contribution in [-0.2, 0) is 6.42 Å². The zero-order chi connectivity index (χ0) is 22.7. The average molecular weight is 441 g/mol. The number of fused-ring (bicyclic) bond motifs is 4. The highest BCUT2D eigenvalue weighted by Gasteiger charge is 2.27. The van der Waals surface area contributed by atoms with Crippen molar-refractivity contribution >= 4 is 16.6 Å². The predicted molar refractivity (Wildman–Crippen MR) is 126 cm³/mol. The van der Waals surface area contributed by atoms with Gasteiger partial charge in [-0.15, -0.1) is 0 Å². The fraction of sp³-hybridized carbons (Fsp3) is 0.269. The van der Waals surface area contributed by atoms with Crippen LogP contribution in [0.1, 0.15) is 47.2 Å². The first-order valence-corrected chi connectivity index (χ1v) is 11.2. The molecule has 1 aliphatic rings. The number of methoxy groups -OCH3 is 1. The molecule has 2 aromatic carbocycles. The third kappa shape index (κ3) is 2.92. The lowest BCUT2D eigenvalue weighted by Gasteiger charge is -2.25. The molecule has 7 heteroatoms. The number of rotatable bonds is 3. The Balaban J connectivity index is 1.65. The summed E-state index contributed by atoms with van der Waals surface area (Å²) >= 11 is 0. The summed E-state index contributed by atoms with van der Waals surface area (Å²) < 4.78 is 13.2. The second kappa shape index (κ2) is 7.33. The molecule has 3 aromatic heterocycles. The van der Waals surface area contributed by atoms with Gasteiger partial charge in [0.2, 0.25) is 0 Å². The predicted octanol–water partition coefficient (Wildman–Crippen LogP) is 4.92. The Labute approximate surface area is 190 Å². The molecule has 0 saturated heterocycles. The van der Waals surface area contributed by atoms with Crippen LogP contribution in [0.25, 0.3) is 27.7 Å². The van der Waals surface area contributed by atoms with E-state index in [4.69, 9.17) is 14.2 Å². The minimum Gasteiger partial charge on any atom is -0.496 e. The molecule has 7 nitrogen and oxygen atoms in total. The van der Waals surface area contributed by atoms with Gasteiger partial charge >= 0.3 is 0 Å². The molecular weight excluding hydrogens is 416 g/mol. The van der Waals surface area contributed by atoms with Gasteiger partial charge in [-0.3, -0.25) is 9.20 Å². The molecule has 1 unspecified atom stereocenters. The number of benzene rings is 2. The summed E-state index contributed by atoms with van der Waals surface area (Å²) in [6.07, 6.45) is 4.96. The van der Waals surface area contributed by atoms with Crippen LogP contribution in [0.3, 0.4) is 0 Å². The molecule has 166 valence electrons. The maximum absolute atomic E-state index is 13.1. The van der Waals surface area contributed by atoms with Crippen molar-refractivity contribution in [2.24, 2.45) is 0 Å². The van der Waals surface area contributed by atoms with Crippen molar-refractivity contribution < 1.29 is 9.26 Å². The number of ether oxygens (including phenoxy) is 1. The molecule has 0 aliphatic heterocycles. The second-order valence-electron chi connectivity index (χ2n) is 8.70. The summed E-state index contributed by atoms with van der Waals surface area (Å²) in [4.78, 5) is 20.9. The van der Waals surface area contributed by atoms with Crippen LogP contribution in [0.15, 0.2) is 51.9 Å². The van der Waals surface area contributed by atoms with E-state index in [2.05, 4.69) is 38.8 Å². The molecule has 0 bridgehead atoms. The molecule has 3 heterocycles. The summed E-state index contributed by atoms with van der Waals surface area (Å²) in [5.41, 5.74) is 6.37. The Morgan fingerprint density at radius 3 is 2.85 bits per heavy atom. The Hall–Kier alpha value is -3.87. The van der Waals surface area contributed by atoms with Crippen molar-refractivity contribution in [1.29, 1.82) is 0 Å². The van der Waals surface area contributed by atoms with Crippen molar-refractivity contribution in [2.45, 2.75) is 39.0 Å². The third-order valence-electron chi connectivity index (χ3n) is 6.82. The molecule has 6 rings (SSSR count). The van der Waals surface area contributed by atoms with E-state index in [0.717, 1.165) is 47.4 Å². The summed E-state index contributed by atoms with van der Waals surface area (Å²) in [6, 6.07) is 12.4. The van der Waals surface area contributed by atoms with Crippen molar-refractivity contribution in [3.63, 3.8) is 0 Å². The smallest absolute Gasteiger partial charge is 0.258 e. The van der Waals surface area contributed by atoms with Crippen molar-refractivity contribution in [1.82, 2.24) is 19.5 Å². The number of H-pyrrole nitrogens is 1. The maximum Gasteiger partial charge on any atom is 0.258 e. The number of nitrogens with zero attached hydrogens (tertiary/aromatic N) is 3. The number of aromatic amines is 1. The van der Waals surface area contributed by atoms with Gasteiger partial charge < -0.3 is 14.2 Å². The number of aromatic nitrogens is 4. The largest absolute Gasteiger partial charge is 0.496 e. The highest BCUT2D eigenvalue weighted by molar-refractivity contribution is 5.90. The number of hydrogen-bond acceptors (Lipinski definition) is 5. The molecule has 0 radical (unpaired) electrons. The van der Waals surface area contributed by atoms with Gasteiger partial charge in [0.05, 0.1) is 35.5 Å². The van der Waals surface area contributed by atoms with E-state index in [0.29, 0.717) is 22.5 Å². The van der Waals surface area contributed by atoms with Gasteiger partial charge in [0.1, 0.15) is 23.0 Å². The molecular formula is C26H24N4O3. The van der Waals surface area contributed by atoms with Gasteiger partial charge in [-0.1, -0.05) is 29.4 Å². The number of aryl methyl sites for hydroxylation is 3. The van der Waals surface area contributed by atoms with E-state index in [-0.39, 0.29) is 11.5 Å². The van der Waals surface area contributed by atoms with E-state index in [1.54, 1.807) is 13.3 Å². The zero-order valence-electron chi connectivity index (χ0n) is 18.8. The van der Waals surface area contributed by atoms with Crippen LogP contribution in [0.5, 0.6) is 5.75 Å². The number of imidazole rings is 1. The van der Waals surface area contributed by atoms with Crippen molar-refractivity contribution in [2.75, 3.05) is 7.11 Å². The lowest BCUT2D eigenvalue weighted by Crippen LogP contribution is -2.16. The minimum atomic E-state index is -0.163. The summed E-state index contributed by atoms with van der Waals surface area (Å²) in [5.74, 6) is 2.45. The lowest BCUT2D eigenvalue weighted by atomic mass is 9.82. The fourth-order valence-electron chi connectivity index (χ4n) is 5.33. The number of hydrogen-bond donors (Lipinski definition) is 1. The maximum atomic E-state index is 13.1. The summed E-state index contributed by atoms with van der Waals surface area (Å²) in [7, 11) is 1.64. The van der Waals surface area contributed by atoms with Gasteiger partial charge in [0.15, 0.2) is 0 Å². The van der Waals surface area contributed by atoms with Crippen molar-refractivity contribution in [3.05, 3.63) is 81.4 Å². The Morgan fingerprint density at radius 2 is 2.06 bits per heavy atom. The van der Waals surface area contributed by atoms with E-state index in [9.17, 15) is 4.79 Å². The SMILES string of the molecule is COc1cc2c(cc1-c1c(C)noc1C)c(=O)[nH]c1cnc(C3CCCc4ccccc43)n12. The first-order chi connectivity index (χ1) is 16.1. The van der Waals surface area contributed by atoms with Gasteiger partial charge in [-0.2, -0.15) is 0 Å². The van der Waals surface area contributed by atoms with E-state index in [1.807, 2.05) is 26.0 Å². The van der Waals surface area contributed by atoms with Gasteiger partial charge in [-0.05, 0) is 50.3 Å². The quantitative estimate of drug-likeness (QED) is 0.430. The van der Waals surface area contributed by atoms with Crippen LogP contribution in [-0.4, -0.2) is 26.6 Å². The summed E-state index contributed by atoms with van der Waals surface area (Å²) in [5, 5.41) is 4.65. The van der Waals surface area contributed by atoms with Crippen LogP contribution < -0.4 is 10.3 Å². The first-order valence-electron chi connectivity index (χ1n) is 11.2. The Morgan fingerprint density at radius 1 is 1.21 bits per heavy atom. The molecule has 0 spiro atoms. The standard InChI is InChI=1S/C26H24N4O3/c1-14-24(15(2)33-29-14)20-11-19-21(12-22(20)32-3)30-23(28-26(19)31)13-27-25(30)18-10-6-8-16-7-4-5-9-17(16)18/h4-5,7,9,11-13,18H,6,8,10H2,1-3H3,(H,28,31). The molecule has 0 saturated carbocycles. The molecule has 0 fully saturated rings. The molecule has 0 amide bonds. The highest BCUT2D eigenvalue weighted by Crippen LogP contribution is 2.39. The van der Waals surface area contributed by atoms with Crippen LogP contribution in [0.4, 0.5) is 0 Å². The topological polar surface area (TPSA) is 85.4 Å². The van der Waals surface area contributed by atoms with Gasteiger partial charge in [-0.25, -0.2) is 4.98 Å². The normalized spacial score (nSPS) is 15.8. The highest BCUT2D eigenvalue weighted by atomic mass is 16.5. The molecule has 33 heavy (non-hydrogen) atoms. The third-order valence-corrected chi connectivity index (χ3v) is 6.82. The Bertz CT molecular complexity index is 1570. The molecule has 1 N–H and O–H groups in total. The van der Waals surface area contributed by atoms with E-state index < -0.39 is 0 Å². The Kier molecular flexibility index (Phi) is 4.40. The van der Waals surface area contributed by atoms with Crippen LogP contribution in [0.2, 0.25) is 0 Å². The van der Waals surface area contributed by atoms with E-state index >= 15 is 0 Å². The van der Waals surface area contributed by atoms with Crippen LogP contribution in [0, 0.1) is 13.8 Å². The minimum absolute atomic E-state index is 0.163. The second-order valence-corrected chi connectivity index (χ2v) is 8.70.